The normalized spacial score (nSPS) is 15.9. The minimum atomic E-state index is 0.183. The average Bonchev–Trinajstić information content (AvgIpc) is 2.96. The van der Waals surface area contributed by atoms with Crippen LogP contribution in [-0.2, 0) is 0 Å². The van der Waals surface area contributed by atoms with Crippen LogP contribution in [0, 0.1) is 0 Å². The molecule has 0 amide bonds. The predicted molar refractivity (Wildman–Crippen MR) is 63.5 cm³/mol. The zero-order chi connectivity index (χ0) is 11.0. The maximum absolute atomic E-state index is 5.43. The van der Waals surface area contributed by atoms with Gasteiger partial charge in [0.15, 0.2) is 0 Å². The molecule has 0 aliphatic carbocycles. The van der Waals surface area contributed by atoms with Gasteiger partial charge < -0.3 is 0 Å². The van der Waals surface area contributed by atoms with Gasteiger partial charge in [-0.2, -0.15) is 0 Å². The summed E-state index contributed by atoms with van der Waals surface area (Å²) in [5, 5.41) is 0. The van der Waals surface area contributed by atoms with E-state index in [0.717, 1.165) is 27.7 Å². The second kappa shape index (κ2) is 4.01. The van der Waals surface area contributed by atoms with Gasteiger partial charge in [0.25, 0.3) is 0 Å². The number of nitrogens with two attached hydrogens (primary N) is 1. The Bertz CT molecular complexity index is 504. The van der Waals surface area contributed by atoms with Gasteiger partial charge in [-0.25, -0.2) is 0 Å². The molecule has 1 aliphatic heterocycles. The van der Waals surface area contributed by atoms with Crippen molar-refractivity contribution in [2.75, 3.05) is 23.4 Å². The zero-order valence-corrected chi connectivity index (χ0v) is 10.4. The second-order valence-electron chi connectivity index (χ2n) is 3.71. The molecule has 6 nitrogen and oxygen atoms in total. The van der Waals surface area contributed by atoms with E-state index in [0.29, 0.717) is 5.82 Å². The van der Waals surface area contributed by atoms with E-state index in [-0.39, 0.29) is 14.5 Å². The van der Waals surface area contributed by atoms with Crippen LogP contribution < -0.4 is 16.2 Å². The van der Waals surface area contributed by atoms with E-state index in [2.05, 4.69) is 25.3 Å². The van der Waals surface area contributed by atoms with Crippen LogP contribution >= 0.6 is 0 Å². The molecule has 1 fully saturated rings. The van der Waals surface area contributed by atoms with Gasteiger partial charge in [0, 0.05) is 0 Å². The van der Waals surface area contributed by atoms with Crippen LogP contribution in [0.5, 0.6) is 0 Å². The maximum atomic E-state index is 5.43. The summed E-state index contributed by atoms with van der Waals surface area (Å²) in [6.07, 6.45) is 4.03. The van der Waals surface area contributed by atoms with Crippen LogP contribution in [-0.4, -0.2) is 42.5 Å². The van der Waals surface area contributed by atoms with E-state index in [9.17, 15) is 0 Å². The fourth-order valence-corrected chi connectivity index (χ4v) is 4.04. The Morgan fingerprint density at radius 3 is 2.88 bits per heavy atom. The molecule has 0 atom stereocenters. The molecule has 3 N–H and O–H groups in total. The molecule has 84 valence electrons. The van der Waals surface area contributed by atoms with Gasteiger partial charge in [-0.3, -0.25) is 0 Å². The number of hydrogen-bond acceptors (Lipinski definition) is 6. The summed E-state index contributed by atoms with van der Waals surface area (Å²) in [5.74, 6) is 6.14. The van der Waals surface area contributed by atoms with E-state index in [1.165, 1.54) is 19.2 Å². The van der Waals surface area contributed by atoms with Crippen molar-refractivity contribution in [2.45, 2.75) is 12.8 Å². The Balaban J connectivity index is 2.07. The Morgan fingerprint density at radius 2 is 2.12 bits per heavy atom. The number of aromatic nitrogens is 3. The summed E-state index contributed by atoms with van der Waals surface area (Å²) < 4.78 is 2.23. The molecule has 3 heterocycles. The van der Waals surface area contributed by atoms with Gasteiger partial charge in [0.1, 0.15) is 0 Å². The van der Waals surface area contributed by atoms with Crippen LogP contribution in [0.25, 0.3) is 9.91 Å². The van der Waals surface area contributed by atoms with Gasteiger partial charge in [0.05, 0.1) is 0 Å². The molecule has 1 saturated heterocycles. The Labute approximate surface area is 98.6 Å². The van der Waals surface area contributed by atoms with Gasteiger partial charge in [-0.15, -0.1) is 0 Å². The van der Waals surface area contributed by atoms with E-state index in [1.54, 1.807) is 0 Å². The first-order chi connectivity index (χ1) is 7.88. The number of anilines is 2. The quantitative estimate of drug-likeness (QED) is 0.457. The van der Waals surface area contributed by atoms with E-state index in [1.807, 2.05) is 0 Å². The Kier molecular flexibility index (Phi) is 2.51. The van der Waals surface area contributed by atoms with E-state index in [4.69, 9.17) is 5.84 Å². The molecule has 0 bridgehead atoms. The number of hydrogen-bond donors (Lipinski definition) is 2. The van der Waals surface area contributed by atoms with Crippen molar-refractivity contribution in [1.29, 1.82) is 0 Å². The Morgan fingerprint density at radius 1 is 1.31 bits per heavy atom. The van der Waals surface area contributed by atoms with Crippen molar-refractivity contribution in [3.63, 3.8) is 0 Å². The van der Waals surface area contributed by atoms with Crippen LogP contribution in [0.3, 0.4) is 0 Å². The van der Waals surface area contributed by atoms with Crippen molar-refractivity contribution in [1.82, 2.24) is 15.0 Å². The van der Waals surface area contributed by atoms with Crippen LogP contribution in [0.4, 0.5) is 10.5 Å². The van der Waals surface area contributed by atoms with Crippen LogP contribution in [0.15, 0.2) is 6.33 Å². The molecule has 7 heteroatoms. The zero-order valence-electron chi connectivity index (χ0n) is 8.68. The third-order valence-corrected chi connectivity index (χ3v) is 5.03. The predicted octanol–water partition coefficient (Wildman–Crippen LogP) is -0.0324. The number of rotatable bonds is 2. The van der Waals surface area contributed by atoms with Crippen molar-refractivity contribution >= 4 is 34.9 Å². The van der Waals surface area contributed by atoms with Crippen molar-refractivity contribution in [3.8, 4) is 0 Å². The summed E-state index contributed by atoms with van der Waals surface area (Å²) in [7, 11) is 0. The first-order valence-corrected chi connectivity index (χ1v) is 6.93. The third-order valence-electron chi connectivity index (χ3n) is 2.69. The Hall–Kier alpha value is -1.17. The average molecular weight is 283 g/mol. The molecular formula is C9H12N6Se. The summed E-state index contributed by atoms with van der Waals surface area (Å²) in [6.45, 7) is 2.24. The molecule has 0 spiro atoms. The number of nitrogens with one attached hydrogen (secondary N) is 1. The van der Waals surface area contributed by atoms with Crippen molar-refractivity contribution in [3.05, 3.63) is 6.33 Å². The van der Waals surface area contributed by atoms with Gasteiger partial charge in [0.2, 0.25) is 0 Å². The third kappa shape index (κ3) is 1.57. The molecule has 0 radical (unpaired) electrons. The fourth-order valence-electron chi connectivity index (χ4n) is 1.89. The van der Waals surface area contributed by atoms with Gasteiger partial charge in [-0.1, -0.05) is 0 Å². The molecule has 3 rings (SSSR count). The standard InChI is InChI=1S/C9H12N6Se/c10-14-8-6-7(11-5-12-8)13-9(16-6)15-3-1-2-4-15/h5H,1-4,10H2,(H,11,12,14). The molecule has 16 heavy (non-hydrogen) atoms. The molecule has 1 aliphatic rings. The molecule has 2 aromatic heterocycles. The summed E-state index contributed by atoms with van der Waals surface area (Å²) in [5.41, 5.74) is 3.39. The number of hydrazine groups is 1. The molecule has 0 saturated carbocycles. The molecule has 0 aromatic carbocycles. The molecular weight excluding hydrogens is 271 g/mol. The van der Waals surface area contributed by atoms with Crippen LogP contribution in [0.2, 0.25) is 0 Å². The second-order valence-corrected chi connectivity index (χ2v) is 5.76. The first-order valence-electron chi connectivity index (χ1n) is 5.21. The SMILES string of the molecule is NNc1ncnc2nc(N3CCCC3)[se]c12. The van der Waals surface area contributed by atoms with Crippen molar-refractivity contribution in [2.24, 2.45) is 5.84 Å². The topological polar surface area (TPSA) is 80.0 Å². The number of nitrogens with zero attached hydrogens (tertiary/aromatic N) is 4. The van der Waals surface area contributed by atoms with Gasteiger partial charge >= 0.3 is 98.3 Å². The first kappa shape index (κ1) is 10.0. The van der Waals surface area contributed by atoms with E-state index < -0.39 is 0 Å². The molecule has 2 aromatic rings. The van der Waals surface area contributed by atoms with Gasteiger partial charge in [-0.05, 0) is 0 Å². The summed E-state index contributed by atoms with van der Waals surface area (Å²) in [6, 6.07) is 0. The molecule has 0 unspecified atom stereocenters. The van der Waals surface area contributed by atoms with Crippen LogP contribution in [0.1, 0.15) is 12.8 Å². The fraction of sp³-hybridized carbons (Fsp3) is 0.444. The number of nitrogen functional groups attached to an aromatic ring is 1. The summed E-state index contributed by atoms with van der Waals surface area (Å²) >= 11 is 0.183. The van der Waals surface area contributed by atoms with E-state index >= 15 is 0 Å². The minimum absolute atomic E-state index is 0.183. The summed E-state index contributed by atoms with van der Waals surface area (Å²) in [4.78, 5) is 15.2. The monoisotopic (exact) mass is 284 g/mol. The number of fused-ring (bicyclic) bond motifs is 1. The van der Waals surface area contributed by atoms with Crippen molar-refractivity contribution < 1.29 is 0 Å².